The van der Waals surface area contributed by atoms with E-state index in [9.17, 15) is 4.79 Å². The van der Waals surface area contributed by atoms with Crippen molar-refractivity contribution < 1.29 is 4.79 Å². The third-order valence-electron chi connectivity index (χ3n) is 2.30. The molecule has 0 aliphatic rings. The number of pyridine rings is 1. The maximum absolute atomic E-state index is 12.2. The fourth-order valence-electron chi connectivity index (χ4n) is 1.42. The number of hydrogen-bond acceptors (Lipinski definition) is 2. The fraction of sp³-hybridized carbons (Fsp3) is 0. The Bertz CT molecular complexity index is 671. The lowest BCUT2D eigenvalue weighted by atomic mass is 10.2. The number of rotatable bonds is 2. The van der Waals surface area contributed by atoms with E-state index in [1.165, 1.54) is 12.1 Å². The third kappa shape index (κ3) is 3.74. The van der Waals surface area contributed by atoms with E-state index in [0.29, 0.717) is 5.69 Å². The first-order chi connectivity index (χ1) is 9.38. The van der Waals surface area contributed by atoms with Crippen LogP contribution in [0.5, 0.6) is 0 Å². The number of aromatic nitrogens is 1. The van der Waals surface area contributed by atoms with Gasteiger partial charge < -0.3 is 5.32 Å². The Hall–Kier alpha value is -0.140. The molecule has 8 heteroatoms. The molecule has 20 heavy (non-hydrogen) atoms. The van der Waals surface area contributed by atoms with Crippen molar-refractivity contribution in [3.05, 3.63) is 53.6 Å². The van der Waals surface area contributed by atoms with Gasteiger partial charge in [-0.25, -0.2) is 4.98 Å². The van der Waals surface area contributed by atoms with E-state index in [2.05, 4.69) is 58.1 Å². The molecule has 3 nitrogen and oxygen atoms in total. The molecule has 1 aromatic carbocycles. The van der Waals surface area contributed by atoms with Crippen LogP contribution in [0.15, 0.2) is 37.7 Å². The highest BCUT2D eigenvalue weighted by Gasteiger charge is 2.15. The van der Waals surface area contributed by atoms with Crippen molar-refractivity contribution in [3.63, 3.8) is 0 Å². The number of nitrogens with one attached hydrogen (secondary N) is 1. The van der Waals surface area contributed by atoms with Crippen molar-refractivity contribution in [2.75, 3.05) is 5.32 Å². The summed E-state index contributed by atoms with van der Waals surface area (Å²) in [5.41, 5.74) is 0.849. The number of amides is 1. The minimum atomic E-state index is -0.372. The van der Waals surface area contributed by atoms with Gasteiger partial charge in [0.2, 0.25) is 0 Å². The molecule has 0 radical (unpaired) electrons. The number of carbonyl (C=O) groups is 1. The predicted molar refractivity (Wildman–Crippen MR) is 91.8 cm³/mol. The van der Waals surface area contributed by atoms with Gasteiger partial charge >= 0.3 is 0 Å². The van der Waals surface area contributed by atoms with Crippen molar-refractivity contribution in [1.29, 1.82) is 0 Å². The molecule has 0 bridgehead atoms. The van der Waals surface area contributed by atoms with Crippen molar-refractivity contribution >= 4 is 82.6 Å². The molecule has 1 amide bonds. The zero-order valence-corrected chi connectivity index (χ0v) is 15.8. The topological polar surface area (TPSA) is 42.0 Å². The standard InChI is InChI=1S/C12H5Br3Cl2N2O/c13-5-3-7(14)10(8(15)4-5)19-12(20)6-1-2-9(16)18-11(6)17/h1-4H,(H,19,20). The van der Waals surface area contributed by atoms with Crippen molar-refractivity contribution in [3.8, 4) is 0 Å². The van der Waals surface area contributed by atoms with Gasteiger partial charge in [0, 0.05) is 13.4 Å². The summed E-state index contributed by atoms with van der Waals surface area (Å²) in [5, 5.41) is 3.05. The predicted octanol–water partition coefficient (Wildman–Crippen LogP) is 5.93. The number of nitrogens with zero attached hydrogens (tertiary/aromatic N) is 1. The molecule has 0 spiro atoms. The van der Waals surface area contributed by atoms with Crippen LogP contribution in [-0.2, 0) is 0 Å². The minimum Gasteiger partial charge on any atom is -0.320 e. The first-order valence-corrected chi connectivity index (χ1v) is 8.30. The second-order valence-electron chi connectivity index (χ2n) is 3.67. The normalized spacial score (nSPS) is 10.4. The lowest BCUT2D eigenvalue weighted by molar-refractivity contribution is 0.102. The zero-order chi connectivity index (χ0) is 14.9. The second-order valence-corrected chi connectivity index (χ2v) is 7.04. The van der Waals surface area contributed by atoms with Gasteiger partial charge in [0.05, 0.1) is 11.3 Å². The quantitative estimate of drug-likeness (QED) is 0.516. The third-order valence-corrected chi connectivity index (χ3v) is 4.51. The van der Waals surface area contributed by atoms with Gasteiger partial charge in [-0.2, -0.15) is 0 Å². The molecule has 0 atom stereocenters. The Labute approximate surface area is 150 Å². The molecule has 0 aliphatic heterocycles. The second kappa shape index (κ2) is 6.75. The lowest BCUT2D eigenvalue weighted by Crippen LogP contribution is -2.13. The fourth-order valence-corrected chi connectivity index (χ4v) is 4.31. The molecule has 0 saturated heterocycles. The smallest absolute Gasteiger partial charge is 0.258 e. The van der Waals surface area contributed by atoms with Crippen LogP contribution < -0.4 is 5.32 Å². The summed E-state index contributed by atoms with van der Waals surface area (Å²) in [4.78, 5) is 16.0. The van der Waals surface area contributed by atoms with Gasteiger partial charge in [-0.15, -0.1) is 0 Å². The average Bonchev–Trinajstić information content (AvgIpc) is 2.33. The molecular weight excluding hydrogens is 499 g/mol. The van der Waals surface area contributed by atoms with Gasteiger partial charge in [0.1, 0.15) is 10.3 Å². The molecule has 0 saturated carbocycles. The number of anilines is 1. The molecule has 0 fully saturated rings. The van der Waals surface area contributed by atoms with E-state index < -0.39 is 0 Å². The lowest BCUT2D eigenvalue weighted by Gasteiger charge is -2.11. The van der Waals surface area contributed by atoms with E-state index >= 15 is 0 Å². The van der Waals surface area contributed by atoms with E-state index in [1.54, 1.807) is 0 Å². The Morgan fingerprint density at radius 2 is 1.70 bits per heavy atom. The summed E-state index contributed by atoms with van der Waals surface area (Å²) >= 11 is 21.7. The SMILES string of the molecule is O=C(Nc1c(Br)cc(Br)cc1Br)c1ccc(Cl)nc1Cl. The van der Waals surface area contributed by atoms with E-state index in [1.807, 2.05) is 12.1 Å². The maximum atomic E-state index is 12.2. The summed E-state index contributed by atoms with van der Waals surface area (Å²) in [5.74, 6) is -0.372. The number of hydrogen-bond donors (Lipinski definition) is 1. The summed E-state index contributed by atoms with van der Waals surface area (Å²) in [6, 6.07) is 6.67. The minimum absolute atomic E-state index is 0.0550. The number of benzene rings is 1. The monoisotopic (exact) mass is 500 g/mol. The molecule has 0 aliphatic carbocycles. The highest BCUT2D eigenvalue weighted by atomic mass is 79.9. The Kier molecular flexibility index (Phi) is 5.48. The van der Waals surface area contributed by atoms with Crippen LogP contribution in [0.3, 0.4) is 0 Å². The molecule has 1 heterocycles. The van der Waals surface area contributed by atoms with E-state index in [4.69, 9.17) is 23.2 Å². The van der Waals surface area contributed by atoms with Gasteiger partial charge in [-0.3, -0.25) is 4.79 Å². The molecule has 1 N–H and O–H groups in total. The molecular formula is C12H5Br3Cl2N2O. The highest BCUT2D eigenvalue weighted by Crippen LogP contribution is 2.34. The van der Waals surface area contributed by atoms with Gasteiger partial charge in [-0.1, -0.05) is 39.1 Å². The molecule has 104 valence electrons. The van der Waals surface area contributed by atoms with Gasteiger partial charge in [-0.05, 0) is 56.1 Å². The van der Waals surface area contributed by atoms with Crippen LogP contribution in [-0.4, -0.2) is 10.9 Å². The Balaban J connectivity index is 2.33. The van der Waals surface area contributed by atoms with Crippen LogP contribution in [0.1, 0.15) is 10.4 Å². The largest absolute Gasteiger partial charge is 0.320 e. The van der Waals surface area contributed by atoms with Crippen molar-refractivity contribution in [2.24, 2.45) is 0 Å². The Morgan fingerprint density at radius 3 is 2.25 bits per heavy atom. The molecule has 2 aromatic rings. The number of carbonyl (C=O) groups excluding carboxylic acids is 1. The maximum Gasteiger partial charge on any atom is 0.258 e. The van der Waals surface area contributed by atoms with Crippen LogP contribution in [0, 0.1) is 0 Å². The molecule has 1 aromatic heterocycles. The van der Waals surface area contributed by atoms with Crippen molar-refractivity contribution in [1.82, 2.24) is 4.98 Å². The van der Waals surface area contributed by atoms with Crippen molar-refractivity contribution in [2.45, 2.75) is 0 Å². The summed E-state index contributed by atoms with van der Waals surface area (Å²) in [7, 11) is 0. The van der Waals surface area contributed by atoms with Crippen LogP contribution >= 0.6 is 71.0 Å². The zero-order valence-electron chi connectivity index (χ0n) is 9.55. The van der Waals surface area contributed by atoms with Crippen LogP contribution in [0.25, 0.3) is 0 Å². The van der Waals surface area contributed by atoms with Gasteiger partial charge in [0.15, 0.2) is 0 Å². The Morgan fingerprint density at radius 1 is 1.10 bits per heavy atom. The first kappa shape index (κ1) is 16.2. The van der Waals surface area contributed by atoms with E-state index in [-0.39, 0.29) is 21.8 Å². The summed E-state index contributed by atoms with van der Waals surface area (Å²) in [6.45, 7) is 0. The molecule has 0 unspecified atom stereocenters. The van der Waals surface area contributed by atoms with Crippen LogP contribution in [0.4, 0.5) is 5.69 Å². The highest BCUT2D eigenvalue weighted by molar-refractivity contribution is 9.11. The summed E-state index contributed by atoms with van der Waals surface area (Å²) in [6.07, 6.45) is 0. The number of halogens is 5. The first-order valence-electron chi connectivity index (χ1n) is 5.16. The van der Waals surface area contributed by atoms with E-state index in [0.717, 1.165) is 13.4 Å². The summed E-state index contributed by atoms with van der Waals surface area (Å²) < 4.78 is 2.33. The average molecular weight is 504 g/mol. The molecule has 2 rings (SSSR count). The van der Waals surface area contributed by atoms with Crippen LogP contribution in [0.2, 0.25) is 10.3 Å². The van der Waals surface area contributed by atoms with Gasteiger partial charge in [0.25, 0.3) is 5.91 Å².